The van der Waals surface area contributed by atoms with E-state index in [1.807, 2.05) is 0 Å². The van der Waals surface area contributed by atoms with Crippen LogP contribution < -0.4 is 15.4 Å². The summed E-state index contributed by atoms with van der Waals surface area (Å²) in [6, 6.07) is 11.2. The third-order valence-corrected chi connectivity index (χ3v) is 4.01. The van der Waals surface area contributed by atoms with Crippen LogP contribution in [0.2, 0.25) is 0 Å². The van der Waals surface area contributed by atoms with E-state index in [0.29, 0.717) is 11.3 Å². The Hall–Kier alpha value is -2.87. The summed E-state index contributed by atoms with van der Waals surface area (Å²) < 4.78 is 24.9. The van der Waals surface area contributed by atoms with E-state index < -0.39 is 15.9 Å². The molecule has 25 heavy (non-hydrogen) atoms. The second kappa shape index (κ2) is 7.35. The van der Waals surface area contributed by atoms with Crippen molar-refractivity contribution in [2.45, 2.75) is 6.92 Å². The summed E-state index contributed by atoms with van der Waals surface area (Å²) in [6.07, 6.45) is 1.03. The molecule has 2 amide bonds. The third kappa shape index (κ3) is 4.80. The number of nitrogens with one attached hydrogen (secondary N) is 3. The minimum atomic E-state index is -3.44. The number of sulfonamides is 1. The van der Waals surface area contributed by atoms with Crippen molar-refractivity contribution in [1.29, 1.82) is 0 Å². The molecule has 8 heteroatoms. The van der Waals surface area contributed by atoms with Gasteiger partial charge in [-0.3, -0.25) is 14.3 Å². The molecule has 132 valence electrons. The summed E-state index contributed by atoms with van der Waals surface area (Å²) in [5.74, 6) is -0.756. The fraction of sp³-hybridized carbons (Fsp3) is 0.176. The van der Waals surface area contributed by atoms with Crippen molar-refractivity contribution in [3.05, 3.63) is 59.2 Å². The molecule has 2 aromatic rings. The van der Waals surface area contributed by atoms with Crippen LogP contribution in [0, 0.1) is 6.92 Å². The maximum atomic E-state index is 12.5. The Bertz CT molecular complexity index is 923. The Kier molecular flexibility index (Phi) is 5.43. The van der Waals surface area contributed by atoms with Crippen LogP contribution >= 0.6 is 0 Å². The van der Waals surface area contributed by atoms with Crippen LogP contribution in [-0.4, -0.2) is 33.5 Å². The minimum Gasteiger partial charge on any atom is -0.355 e. The highest BCUT2D eigenvalue weighted by molar-refractivity contribution is 7.92. The third-order valence-electron chi connectivity index (χ3n) is 3.40. The van der Waals surface area contributed by atoms with E-state index in [-0.39, 0.29) is 17.2 Å². The fourth-order valence-electron chi connectivity index (χ4n) is 2.33. The number of amides is 2. The van der Waals surface area contributed by atoms with Gasteiger partial charge in [0.15, 0.2) is 0 Å². The molecule has 0 saturated carbocycles. The first kappa shape index (κ1) is 18.5. The molecular formula is C17H19N3O4S. The van der Waals surface area contributed by atoms with Gasteiger partial charge in [-0.2, -0.15) is 0 Å². The van der Waals surface area contributed by atoms with Gasteiger partial charge in [-0.25, -0.2) is 8.42 Å². The van der Waals surface area contributed by atoms with Crippen molar-refractivity contribution in [2.24, 2.45) is 0 Å². The fourth-order valence-corrected chi connectivity index (χ4v) is 2.89. The summed E-state index contributed by atoms with van der Waals surface area (Å²) in [4.78, 5) is 24.5. The van der Waals surface area contributed by atoms with Crippen LogP contribution in [0.3, 0.4) is 0 Å². The maximum absolute atomic E-state index is 12.5. The first-order valence-corrected chi connectivity index (χ1v) is 9.31. The molecular weight excluding hydrogens is 342 g/mol. The van der Waals surface area contributed by atoms with Crippen molar-refractivity contribution >= 4 is 33.2 Å². The van der Waals surface area contributed by atoms with E-state index in [9.17, 15) is 18.0 Å². The summed E-state index contributed by atoms with van der Waals surface area (Å²) >= 11 is 0. The van der Waals surface area contributed by atoms with Gasteiger partial charge >= 0.3 is 0 Å². The van der Waals surface area contributed by atoms with Crippen LogP contribution in [-0.2, 0) is 10.0 Å². The molecule has 0 aliphatic heterocycles. The lowest BCUT2D eigenvalue weighted by Crippen LogP contribution is -2.22. The molecule has 2 aromatic carbocycles. The lowest BCUT2D eigenvalue weighted by Gasteiger charge is -2.13. The van der Waals surface area contributed by atoms with Gasteiger partial charge in [-0.15, -0.1) is 0 Å². The largest absolute Gasteiger partial charge is 0.355 e. The summed E-state index contributed by atoms with van der Waals surface area (Å²) in [6.45, 7) is 1.77. The molecule has 0 atom stereocenters. The van der Waals surface area contributed by atoms with Gasteiger partial charge in [0.1, 0.15) is 0 Å². The SMILES string of the molecule is CNC(=O)c1c(C)cccc1NC(=O)c1cccc(NS(C)(=O)=O)c1. The van der Waals surface area contributed by atoms with Crippen LogP contribution in [0.5, 0.6) is 0 Å². The quantitative estimate of drug-likeness (QED) is 0.757. The molecule has 0 saturated heterocycles. The number of benzene rings is 2. The zero-order valence-electron chi connectivity index (χ0n) is 14.1. The Morgan fingerprint density at radius 1 is 1.00 bits per heavy atom. The number of carbonyl (C=O) groups excluding carboxylic acids is 2. The lowest BCUT2D eigenvalue weighted by atomic mass is 10.1. The number of rotatable bonds is 5. The molecule has 0 fully saturated rings. The molecule has 0 aromatic heterocycles. The van der Waals surface area contributed by atoms with Gasteiger partial charge in [0.2, 0.25) is 10.0 Å². The predicted molar refractivity (Wildman–Crippen MR) is 97.4 cm³/mol. The van der Waals surface area contributed by atoms with E-state index in [0.717, 1.165) is 11.8 Å². The minimum absolute atomic E-state index is 0.262. The normalized spacial score (nSPS) is 10.8. The monoisotopic (exact) mass is 361 g/mol. The first-order valence-electron chi connectivity index (χ1n) is 7.42. The highest BCUT2D eigenvalue weighted by atomic mass is 32.2. The van der Waals surface area contributed by atoms with Gasteiger partial charge in [-0.05, 0) is 36.8 Å². The van der Waals surface area contributed by atoms with Gasteiger partial charge < -0.3 is 10.6 Å². The second-order valence-corrected chi connectivity index (χ2v) is 7.23. The second-order valence-electron chi connectivity index (χ2n) is 5.49. The Morgan fingerprint density at radius 3 is 2.32 bits per heavy atom. The van der Waals surface area contributed by atoms with Crippen molar-refractivity contribution in [3.8, 4) is 0 Å². The molecule has 0 aliphatic rings. The Balaban J connectivity index is 2.31. The molecule has 7 nitrogen and oxygen atoms in total. The highest BCUT2D eigenvalue weighted by Crippen LogP contribution is 2.21. The lowest BCUT2D eigenvalue weighted by molar-refractivity contribution is 0.0963. The van der Waals surface area contributed by atoms with Crippen molar-refractivity contribution in [1.82, 2.24) is 5.32 Å². The van der Waals surface area contributed by atoms with Gasteiger partial charge in [0, 0.05) is 18.3 Å². The van der Waals surface area contributed by atoms with E-state index in [1.165, 1.54) is 13.1 Å². The van der Waals surface area contributed by atoms with Crippen LogP contribution in [0.4, 0.5) is 11.4 Å². The van der Waals surface area contributed by atoms with E-state index in [4.69, 9.17) is 0 Å². The number of carbonyl (C=O) groups is 2. The zero-order valence-corrected chi connectivity index (χ0v) is 14.9. The zero-order chi connectivity index (χ0) is 18.6. The summed E-state index contributed by atoms with van der Waals surface area (Å²) in [5.41, 5.74) is 2.03. The number of aryl methyl sites for hydroxylation is 1. The maximum Gasteiger partial charge on any atom is 0.255 e. The van der Waals surface area contributed by atoms with Gasteiger partial charge in [0.25, 0.3) is 11.8 Å². The standard InChI is InChI=1S/C17H19N3O4S/c1-11-6-4-9-14(15(11)17(22)18-2)19-16(21)12-7-5-8-13(10-12)20-25(3,23)24/h4-10,20H,1-3H3,(H,18,22)(H,19,21). The number of hydrogen-bond donors (Lipinski definition) is 3. The number of hydrogen-bond acceptors (Lipinski definition) is 4. The smallest absolute Gasteiger partial charge is 0.255 e. The Morgan fingerprint density at radius 2 is 1.68 bits per heavy atom. The first-order chi connectivity index (χ1) is 11.7. The molecule has 0 bridgehead atoms. The summed E-state index contributed by atoms with van der Waals surface area (Å²) in [5, 5.41) is 5.24. The predicted octanol–water partition coefficient (Wildman–Crippen LogP) is 1.98. The molecule has 2 rings (SSSR count). The van der Waals surface area contributed by atoms with Crippen molar-refractivity contribution in [2.75, 3.05) is 23.3 Å². The van der Waals surface area contributed by atoms with Gasteiger partial charge in [-0.1, -0.05) is 18.2 Å². The molecule has 3 N–H and O–H groups in total. The molecule has 0 unspecified atom stereocenters. The molecule has 0 radical (unpaired) electrons. The van der Waals surface area contributed by atoms with Gasteiger partial charge in [0.05, 0.1) is 17.5 Å². The average Bonchev–Trinajstić information content (AvgIpc) is 2.53. The van der Waals surface area contributed by atoms with E-state index >= 15 is 0 Å². The average molecular weight is 361 g/mol. The van der Waals surface area contributed by atoms with Crippen LogP contribution in [0.25, 0.3) is 0 Å². The van der Waals surface area contributed by atoms with Crippen molar-refractivity contribution in [3.63, 3.8) is 0 Å². The molecule has 0 aliphatic carbocycles. The van der Waals surface area contributed by atoms with Crippen molar-refractivity contribution < 1.29 is 18.0 Å². The topological polar surface area (TPSA) is 104 Å². The molecule has 0 spiro atoms. The highest BCUT2D eigenvalue weighted by Gasteiger charge is 2.16. The molecule has 0 heterocycles. The van der Waals surface area contributed by atoms with E-state index in [1.54, 1.807) is 43.3 Å². The van der Waals surface area contributed by atoms with Crippen LogP contribution in [0.1, 0.15) is 26.3 Å². The Labute approximate surface area is 146 Å². The van der Waals surface area contributed by atoms with E-state index in [2.05, 4.69) is 15.4 Å². The van der Waals surface area contributed by atoms with Crippen LogP contribution in [0.15, 0.2) is 42.5 Å². The number of anilines is 2. The summed E-state index contributed by atoms with van der Waals surface area (Å²) in [7, 11) is -1.93.